The van der Waals surface area contributed by atoms with Gasteiger partial charge in [0.2, 0.25) is 0 Å². The standard InChI is InChI=1S/C27H20F4N6O2S/c28-21-13-17(2-3-19(21)23(38)34-11-6-16-4-9-33-10-5-16)37-25(40)36(24(39)26(37)7-1-8-26)18-12-20(27(29,30)31)22(14-32)35-15-18/h2-5,9-10,12-13,15H,1,6-8,11H2,(H,34,38). The van der Waals surface area contributed by atoms with Crippen molar-refractivity contribution >= 4 is 40.5 Å². The summed E-state index contributed by atoms with van der Waals surface area (Å²) >= 11 is 5.53. The molecule has 3 heterocycles. The Morgan fingerprint density at radius 2 is 1.88 bits per heavy atom. The van der Waals surface area contributed by atoms with Gasteiger partial charge in [0, 0.05) is 24.6 Å². The van der Waals surface area contributed by atoms with Crippen molar-refractivity contribution in [2.45, 2.75) is 37.4 Å². The van der Waals surface area contributed by atoms with Crippen LogP contribution in [0.1, 0.15) is 46.4 Å². The van der Waals surface area contributed by atoms with Crippen LogP contribution in [0.5, 0.6) is 0 Å². The van der Waals surface area contributed by atoms with Crippen molar-refractivity contribution in [3.8, 4) is 6.07 Å². The lowest BCUT2D eigenvalue weighted by Crippen LogP contribution is -2.55. The molecular weight excluding hydrogens is 548 g/mol. The van der Waals surface area contributed by atoms with E-state index in [1.165, 1.54) is 23.1 Å². The normalized spacial score (nSPS) is 16.2. The zero-order valence-corrected chi connectivity index (χ0v) is 21.5. The number of carbonyl (C=O) groups excluding carboxylic acids is 2. The maximum atomic E-state index is 15.2. The van der Waals surface area contributed by atoms with E-state index in [1.807, 2.05) is 0 Å². The first kappa shape index (κ1) is 27.1. The first-order valence-corrected chi connectivity index (χ1v) is 12.6. The molecule has 1 spiro atoms. The molecule has 1 aliphatic carbocycles. The molecule has 5 rings (SSSR count). The molecule has 204 valence electrons. The molecule has 8 nitrogen and oxygen atoms in total. The molecule has 40 heavy (non-hydrogen) atoms. The van der Waals surface area contributed by atoms with Gasteiger partial charge in [-0.2, -0.15) is 18.4 Å². The second-order valence-electron chi connectivity index (χ2n) is 9.37. The van der Waals surface area contributed by atoms with Crippen molar-refractivity contribution in [1.82, 2.24) is 15.3 Å². The number of thiocarbonyl (C=S) groups is 1. The zero-order valence-electron chi connectivity index (χ0n) is 20.7. The van der Waals surface area contributed by atoms with Gasteiger partial charge in [-0.25, -0.2) is 9.37 Å². The quantitative estimate of drug-likeness (QED) is 0.344. The van der Waals surface area contributed by atoms with E-state index in [4.69, 9.17) is 17.5 Å². The Kier molecular flexibility index (Phi) is 6.97. The molecule has 1 aliphatic heterocycles. The van der Waals surface area contributed by atoms with Gasteiger partial charge in [0.1, 0.15) is 17.4 Å². The number of amides is 2. The molecule has 1 saturated carbocycles. The lowest BCUT2D eigenvalue weighted by molar-refractivity contribution is -0.138. The van der Waals surface area contributed by atoms with Gasteiger partial charge in [-0.1, -0.05) is 0 Å². The summed E-state index contributed by atoms with van der Waals surface area (Å²) in [6.07, 6.45) is 1.22. The summed E-state index contributed by atoms with van der Waals surface area (Å²) in [6, 6.07) is 9.48. The summed E-state index contributed by atoms with van der Waals surface area (Å²) in [5.41, 5.74) is -2.65. The highest BCUT2D eigenvalue weighted by molar-refractivity contribution is 7.81. The van der Waals surface area contributed by atoms with Crippen LogP contribution in [0, 0.1) is 17.1 Å². The molecule has 2 aliphatic rings. The topological polar surface area (TPSA) is 102 Å². The fourth-order valence-electron chi connectivity index (χ4n) is 4.88. The number of nitriles is 1. The van der Waals surface area contributed by atoms with Crippen LogP contribution in [0.2, 0.25) is 0 Å². The van der Waals surface area contributed by atoms with Gasteiger partial charge >= 0.3 is 6.18 Å². The van der Waals surface area contributed by atoms with Crippen molar-refractivity contribution in [2.24, 2.45) is 0 Å². The van der Waals surface area contributed by atoms with E-state index in [9.17, 15) is 22.8 Å². The first-order chi connectivity index (χ1) is 19.1. The van der Waals surface area contributed by atoms with Gasteiger partial charge < -0.3 is 10.2 Å². The van der Waals surface area contributed by atoms with Crippen LogP contribution < -0.4 is 15.1 Å². The number of alkyl halides is 3. The number of hydrogen-bond acceptors (Lipinski definition) is 6. The third-order valence-electron chi connectivity index (χ3n) is 7.04. The van der Waals surface area contributed by atoms with E-state index in [2.05, 4.69) is 15.3 Å². The average molecular weight is 569 g/mol. The third kappa shape index (κ3) is 4.64. The van der Waals surface area contributed by atoms with Crippen LogP contribution in [0.3, 0.4) is 0 Å². The molecular formula is C27H20F4N6O2S. The molecule has 0 radical (unpaired) electrons. The summed E-state index contributed by atoms with van der Waals surface area (Å²) in [5, 5.41) is 11.6. The second-order valence-corrected chi connectivity index (χ2v) is 9.73. The number of anilines is 2. The number of nitrogens with one attached hydrogen (secondary N) is 1. The number of rotatable bonds is 6. The zero-order chi connectivity index (χ0) is 28.7. The Bertz CT molecular complexity index is 1550. The molecule has 0 unspecified atom stereocenters. The molecule has 0 bridgehead atoms. The highest BCUT2D eigenvalue weighted by Crippen LogP contribution is 2.48. The van der Waals surface area contributed by atoms with Gasteiger partial charge in [-0.05, 0) is 79.9 Å². The van der Waals surface area contributed by atoms with Crippen LogP contribution >= 0.6 is 12.2 Å². The Morgan fingerprint density at radius 1 is 1.15 bits per heavy atom. The first-order valence-electron chi connectivity index (χ1n) is 12.2. The fraction of sp³-hybridized carbons (Fsp3) is 0.259. The largest absolute Gasteiger partial charge is 0.419 e. The Morgan fingerprint density at radius 3 is 2.48 bits per heavy atom. The number of aromatic nitrogens is 2. The predicted molar refractivity (Wildman–Crippen MR) is 140 cm³/mol. The number of benzene rings is 1. The summed E-state index contributed by atoms with van der Waals surface area (Å²) in [5.74, 6) is -2.04. The van der Waals surface area contributed by atoms with E-state index in [0.29, 0.717) is 31.7 Å². The van der Waals surface area contributed by atoms with Crippen LogP contribution in [0.25, 0.3) is 0 Å². The Labute approximate surface area is 231 Å². The van der Waals surface area contributed by atoms with Gasteiger partial charge in [-0.15, -0.1) is 0 Å². The van der Waals surface area contributed by atoms with Crippen molar-refractivity contribution in [2.75, 3.05) is 16.3 Å². The minimum atomic E-state index is -4.88. The average Bonchev–Trinajstić information content (AvgIpc) is 3.14. The number of nitrogens with zero attached hydrogens (tertiary/aromatic N) is 5. The summed E-state index contributed by atoms with van der Waals surface area (Å²) in [4.78, 5) is 36.1. The van der Waals surface area contributed by atoms with Gasteiger partial charge in [-0.3, -0.25) is 19.5 Å². The molecule has 1 aromatic carbocycles. The smallest absolute Gasteiger partial charge is 0.352 e. The lowest BCUT2D eigenvalue weighted by Gasteiger charge is -2.43. The van der Waals surface area contributed by atoms with E-state index >= 15 is 4.39 Å². The minimum absolute atomic E-state index is 0.154. The molecule has 3 aromatic rings. The van der Waals surface area contributed by atoms with Crippen molar-refractivity contribution in [3.63, 3.8) is 0 Å². The van der Waals surface area contributed by atoms with E-state index < -0.39 is 40.6 Å². The van der Waals surface area contributed by atoms with Crippen LogP contribution in [-0.4, -0.2) is 39.0 Å². The molecule has 0 atom stereocenters. The van der Waals surface area contributed by atoms with Crippen LogP contribution in [-0.2, 0) is 17.4 Å². The van der Waals surface area contributed by atoms with Crippen LogP contribution in [0.4, 0.5) is 28.9 Å². The summed E-state index contributed by atoms with van der Waals surface area (Å²) < 4.78 is 55.9. The summed E-state index contributed by atoms with van der Waals surface area (Å²) in [6.45, 7) is 0.269. The van der Waals surface area contributed by atoms with Gasteiger partial charge in [0.25, 0.3) is 11.8 Å². The molecule has 2 aromatic heterocycles. The second kappa shape index (κ2) is 10.3. The van der Waals surface area contributed by atoms with Crippen LogP contribution in [0.15, 0.2) is 55.0 Å². The van der Waals surface area contributed by atoms with Gasteiger partial charge in [0.15, 0.2) is 10.8 Å². The van der Waals surface area contributed by atoms with E-state index in [0.717, 1.165) is 22.7 Å². The predicted octanol–water partition coefficient (Wildman–Crippen LogP) is 4.54. The third-order valence-corrected chi connectivity index (χ3v) is 7.40. The van der Waals surface area contributed by atoms with Gasteiger partial charge in [0.05, 0.1) is 23.0 Å². The highest BCUT2D eigenvalue weighted by Gasteiger charge is 2.60. The fourth-order valence-corrected chi connectivity index (χ4v) is 5.35. The maximum absolute atomic E-state index is 15.2. The lowest BCUT2D eigenvalue weighted by atomic mass is 9.75. The maximum Gasteiger partial charge on any atom is 0.419 e. The van der Waals surface area contributed by atoms with E-state index in [-0.39, 0.29) is 28.6 Å². The SMILES string of the molecule is N#Cc1ncc(N2C(=O)C3(CCC3)N(c3ccc(C(=O)NCCc4ccncc4)c(F)c3)C2=S)cc1C(F)(F)F. The van der Waals surface area contributed by atoms with E-state index in [1.54, 1.807) is 24.5 Å². The number of hydrogen-bond donors (Lipinski definition) is 1. The number of halogens is 4. The molecule has 1 N–H and O–H groups in total. The molecule has 13 heteroatoms. The Hall–Kier alpha value is -4.44. The number of pyridine rings is 2. The molecule has 2 amide bonds. The highest BCUT2D eigenvalue weighted by atomic mass is 32.1. The monoisotopic (exact) mass is 568 g/mol. The summed E-state index contributed by atoms with van der Waals surface area (Å²) in [7, 11) is 0. The van der Waals surface area contributed by atoms with Crippen molar-refractivity contribution in [3.05, 3.63) is 83.2 Å². The molecule has 2 fully saturated rings. The molecule has 1 saturated heterocycles. The minimum Gasteiger partial charge on any atom is -0.352 e. The number of carbonyl (C=O) groups is 2. The van der Waals surface area contributed by atoms with Crippen molar-refractivity contribution < 1.29 is 27.2 Å². The Balaban J connectivity index is 1.41. The van der Waals surface area contributed by atoms with Crippen molar-refractivity contribution in [1.29, 1.82) is 5.26 Å².